The molecule has 0 saturated heterocycles. The zero-order chi connectivity index (χ0) is 14.3. The first kappa shape index (κ1) is 14.2. The quantitative estimate of drug-likeness (QED) is 0.684. The molecule has 1 aromatic rings. The van der Waals surface area contributed by atoms with Gasteiger partial charge in [-0.15, -0.1) is 11.8 Å². The van der Waals surface area contributed by atoms with Gasteiger partial charge in [0.15, 0.2) is 0 Å². The second kappa shape index (κ2) is 5.56. The standard InChI is InChI=1S/C14H19N3OS2/c1-7-8(2)20-14-12(7)13(15-9(3)16-14)19-6-11(18)17-10-4-5-10/h7-8,10H,4-6H2,1-3H3,(H,17,18). The molecule has 1 amide bonds. The SMILES string of the molecule is Cc1nc(SCC(=O)NC2CC2)c2c(n1)SC(C)C2C. The second-order valence-corrected chi connectivity index (χ2v) is 7.87. The number of fused-ring (bicyclic) bond motifs is 1. The minimum atomic E-state index is 0.119. The van der Waals surface area contributed by atoms with Crippen LogP contribution >= 0.6 is 23.5 Å². The van der Waals surface area contributed by atoms with Crippen LogP contribution in [0.3, 0.4) is 0 Å². The molecule has 2 unspecified atom stereocenters. The van der Waals surface area contributed by atoms with Crippen LogP contribution in [0, 0.1) is 6.92 Å². The first-order valence-corrected chi connectivity index (χ1v) is 8.88. The van der Waals surface area contributed by atoms with Gasteiger partial charge >= 0.3 is 0 Å². The van der Waals surface area contributed by atoms with Gasteiger partial charge in [0.25, 0.3) is 0 Å². The topological polar surface area (TPSA) is 54.9 Å². The van der Waals surface area contributed by atoms with Gasteiger partial charge in [-0.3, -0.25) is 4.79 Å². The first-order chi connectivity index (χ1) is 9.54. The average molecular weight is 309 g/mol. The van der Waals surface area contributed by atoms with Crippen molar-refractivity contribution in [3.8, 4) is 0 Å². The molecule has 2 aliphatic rings. The van der Waals surface area contributed by atoms with Crippen molar-refractivity contribution in [2.45, 2.75) is 60.9 Å². The molecule has 6 heteroatoms. The number of thioether (sulfide) groups is 2. The molecule has 2 heterocycles. The van der Waals surface area contributed by atoms with Crippen LogP contribution < -0.4 is 5.32 Å². The summed E-state index contributed by atoms with van der Waals surface area (Å²) in [5.74, 6) is 1.81. The van der Waals surface area contributed by atoms with Crippen molar-refractivity contribution in [1.82, 2.24) is 15.3 Å². The molecule has 0 radical (unpaired) electrons. The number of aryl methyl sites for hydroxylation is 1. The van der Waals surface area contributed by atoms with Crippen molar-refractivity contribution in [2.75, 3.05) is 5.75 Å². The van der Waals surface area contributed by atoms with E-state index in [-0.39, 0.29) is 5.91 Å². The van der Waals surface area contributed by atoms with E-state index in [0.29, 0.717) is 23.0 Å². The highest BCUT2D eigenvalue weighted by molar-refractivity contribution is 8.01. The fraction of sp³-hybridized carbons (Fsp3) is 0.643. The third-order valence-corrected chi connectivity index (χ3v) is 6.03. The van der Waals surface area contributed by atoms with Gasteiger partial charge in [0.1, 0.15) is 15.9 Å². The molecule has 3 rings (SSSR count). The largest absolute Gasteiger partial charge is 0.353 e. The van der Waals surface area contributed by atoms with Gasteiger partial charge < -0.3 is 5.32 Å². The summed E-state index contributed by atoms with van der Waals surface area (Å²) in [6.07, 6.45) is 2.26. The van der Waals surface area contributed by atoms with Crippen molar-refractivity contribution in [2.24, 2.45) is 0 Å². The lowest BCUT2D eigenvalue weighted by molar-refractivity contribution is -0.118. The Hall–Kier alpha value is -0.750. The number of aromatic nitrogens is 2. The number of nitrogens with one attached hydrogen (secondary N) is 1. The lowest BCUT2D eigenvalue weighted by Crippen LogP contribution is -2.27. The lowest BCUT2D eigenvalue weighted by atomic mass is 10.0. The fourth-order valence-corrected chi connectivity index (χ4v) is 4.60. The van der Waals surface area contributed by atoms with Gasteiger partial charge in [-0.1, -0.05) is 25.6 Å². The molecule has 0 bridgehead atoms. The summed E-state index contributed by atoms with van der Waals surface area (Å²) >= 11 is 3.36. The Bertz CT molecular complexity index is 545. The highest BCUT2D eigenvalue weighted by atomic mass is 32.2. The molecular weight excluding hydrogens is 290 g/mol. The Labute approximate surface area is 127 Å². The molecule has 0 aromatic carbocycles. The summed E-state index contributed by atoms with van der Waals surface area (Å²) in [6.45, 7) is 6.36. The number of carbonyl (C=O) groups is 1. The molecule has 1 aromatic heterocycles. The van der Waals surface area contributed by atoms with Gasteiger partial charge in [-0.25, -0.2) is 9.97 Å². The highest BCUT2D eigenvalue weighted by Gasteiger charge is 2.32. The molecule has 0 spiro atoms. The maximum absolute atomic E-state index is 11.8. The molecule has 20 heavy (non-hydrogen) atoms. The van der Waals surface area contributed by atoms with E-state index in [2.05, 4.69) is 29.1 Å². The summed E-state index contributed by atoms with van der Waals surface area (Å²) in [4.78, 5) is 20.9. The van der Waals surface area contributed by atoms with Crippen LogP contribution in [0.25, 0.3) is 0 Å². The van der Waals surface area contributed by atoms with Gasteiger partial charge in [0, 0.05) is 16.9 Å². The molecule has 4 nitrogen and oxygen atoms in total. The summed E-state index contributed by atoms with van der Waals surface area (Å²) in [7, 11) is 0. The van der Waals surface area contributed by atoms with E-state index in [1.54, 1.807) is 11.8 Å². The van der Waals surface area contributed by atoms with E-state index < -0.39 is 0 Å². The van der Waals surface area contributed by atoms with Crippen LogP contribution in [0.2, 0.25) is 0 Å². The minimum Gasteiger partial charge on any atom is -0.353 e. The molecule has 1 aliphatic heterocycles. The van der Waals surface area contributed by atoms with Gasteiger partial charge in [0.2, 0.25) is 5.91 Å². The Morgan fingerprint density at radius 2 is 2.15 bits per heavy atom. The normalized spacial score (nSPS) is 24.6. The molecule has 2 atom stereocenters. The predicted octanol–water partition coefficient (Wildman–Crippen LogP) is 2.75. The third-order valence-electron chi connectivity index (χ3n) is 3.73. The average Bonchev–Trinajstić information content (AvgIpc) is 3.14. The van der Waals surface area contributed by atoms with Gasteiger partial charge in [-0.2, -0.15) is 0 Å². The summed E-state index contributed by atoms with van der Waals surface area (Å²) < 4.78 is 0. The van der Waals surface area contributed by atoms with E-state index in [9.17, 15) is 4.79 Å². The fourth-order valence-electron chi connectivity index (χ4n) is 2.26. The van der Waals surface area contributed by atoms with Gasteiger partial charge in [0.05, 0.1) is 5.75 Å². The molecule has 108 valence electrons. The maximum Gasteiger partial charge on any atom is 0.230 e. The smallest absolute Gasteiger partial charge is 0.230 e. The van der Waals surface area contributed by atoms with Crippen molar-refractivity contribution in [3.63, 3.8) is 0 Å². The zero-order valence-electron chi connectivity index (χ0n) is 12.0. The summed E-state index contributed by atoms with van der Waals surface area (Å²) in [5.41, 5.74) is 1.23. The Morgan fingerprint density at radius 3 is 2.85 bits per heavy atom. The molecule has 1 aliphatic carbocycles. The Morgan fingerprint density at radius 1 is 1.40 bits per heavy atom. The molecule has 1 N–H and O–H groups in total. The minimum absolute atomic E-state index is 0.119. The Balaban J connectivity index is 1.74. The maximum atomic E-state index is 11.8. The third kappa shape index (κ3) is 2.96. The van der Waals surface area contributed by atoms with E-state index >= 15 is 0 Å². The van der Waals surface area contributed by atoms with Crippen molar-refractivity contribution >= 4 is 29.4 Å². The Kier molecular flexibility index (Phi) is 3.95. The van der Waals surface area contributed by atoms with E-state index in [1.165, 1.54) is 5.56 Å². The zero-order valence-corrected chi connectivity index (χ0v) is 13.6. The number of nitrogens with zero attached hydrogens (tertiary/aromatic N) is 2. The van der Waals surface area contributed by atoms with Crippen molar-refractivity contribution in [1.29, 1.82) is 0 Å². The van der Waals surface area contributed by atoms with Crippen LogP contribution in [0.5, 0.6) is 0 Å². The van der Waals surface area contributed by atoms with E-state index in [1.807, 2.05) is 18.7 Å². The number of hydrogen-bond donors (Lipinski definition) is 1. The first-order valence-electron chi connectivity index (χ1n) is 7.02. The highest BCUT2D eigenvalue weighted by Crippen LogP contribution is 2.47. The number of hydrogen-bond acceptors (Lipinski definition) is 5. The number of carbonyl (C=O) groups excluding carboxylic acids is 1. The van der Waals surface area contributed by atoms with E-state index in [4.69, 9.17) is 0 Å². The second-order valence-electron chi connectivity index (χ2n) is 5.54. The number of rotatable bonds is 4. The monoisotopic (exact) mass is 309 g/mol. The van der Waals surface area contributed by atoms with Crippen LogP contribution in [-0.2, 0) is 4.79 Å². The summed E-state index contributed by atoms with van der Waals surface area (Å²) in [5, 5.41) is 5.63. The lowest BCUT2D eigenvalue weighted by Gasteiger charge is -2.12. The molecule has 1 saturated carbocycles. The predicted molar refractivity (Wildman–Crippen MR) is 82.4 cm³/mol. The van der Waals surface area contributed by atoms with Crippen molar-refractivity contribution < 1.29 is 4.79 Å². The van der Waals surface area contributed by atoms with Crippen molar-refractivity contribution in [3.05, 3.63) is 11.4 Å². The van der Waals surface area contributed by atoms with Crippen LogP contribution in [-0.4, -0.2) is 32.9 Å². The van der Waals surface area contributed by atoms with Crippen LogP contribution in [0.15, 0.2) is 10.1 Å². The summed E-state index contributed by atoms with van der Waals surface area (Å²) in [6, 6.07) is 0.426. The van der Waals surface area contributed by atoms with Gasteiger partial charge in [-0.05, 0) is 25.7 Å². The van der Waals surface area contributed by atoms with Crippen LogP contribution in [0.4, 0.5) is 0 Å². The molecule has 1 fully saturated rings. The van der Waals surface area contributed by atoms with Crippen LogP contribution in [0.1, 0.15) is 44.0 Å². The molecular formula is C14H19N3OS2. The van der Waals surface area contributed by atoms with E-state index in [0.717, 1.165) is 28.7 Å². The number of amides is 1.